The summed E-state index contributed by atoms with van der Waals surface area (Å²) in [6, 6.07) is 8.55. The zero-order chi connectivity index (χ0) is 11.3. The number of ether oxygens (including phenoxy) is 1. The zero-order valence-electron chi connectivity index (χ0n) is 9.55. The summed E-state index contributed by atoms with van der Waals surface area (Å²) < 4.78 is 5.06. The van der Waals surface area contributed by atoms with Gasteiger partial charge in [0, 0.05) is 0 Å². The molecule has 0 heterocycles. The van der Waals surface area contributed by atoms with Crippen LogP contribution in [0.25, 0.3) is 0 Å². The first kappa shape index (κ1) is 14.9. The van der Waals surface area contributed by atoms with Gasteiger partial charge in [0.15, 0.2) is 0 Å². The molecule has 1 aromatic rings. The smallest absolute Gasteiger partial charge is 0.327 e. The van der Waals surface area contributed by atoms with Crippen LogP contribution in [0.4, 0.5) is 0 Å². The van der Waals surface area contributed by atoms with Crippen LogP contribution in [0.15, 0.2) is 30.3 Å². The summed E-state index contributed by atoms with van der Waals surface area (Å²) in [4.78, 5) is 11.5. The van der Waals surface area contributed by atoms with Gasteiger partial charge in [0.25, 0.3) is 0 Å². The zero-order valence-corrected chi connectivity index (χ0v) is 10.4. The van der Waals surface area contributed by atoms with E-state index in [2.05, 4.69) is 0 Å². The normalized spacial score (nSPS) is 11.8. The van der Waals surface area contributed by atoms with Gasteiger partial charge in [0.05, 0.1) is 6.61 Å². The van der Waals surface area contributed by atoms with Gasteiger partial charge in [-0.05, 0) is 11.5 Å². The van der Waals surface area contributed by atoms with E-state index in [4.69, 9.17) is 10.5 Å². The maximum atomic E-state index is 11.5. The Hall–Kier alpha value is -1.06. The van der Waals surface area contributed by atoms with Crippen LogP contribution in [0.5, 0.6) is 0 Å². The highest BCUT2D eigenvalue weighted by atomic mass is 35.5. The maximum Gasteiger partial charge on any atom is 0.327 e. The topological polar surface area (TPSA) is 52.3 Å². The van der Waals surface area contributed by atoms with E-state index in [-0.39, 0.29) is 18.4 Å². The molecule has 0 saturated heterocycles. The van der Waals surface area contributed by atoms with Crippen molar-refractivity contribution in [3.8, 4) is 0 Å². The monoisotopic (exact) mass is 243 g/mol. The van der Waals surface area contributed by atoms with Crippen molar-refractivity contribution in [2.45, 2.75) is 19.9 Å². The number of rotatable bonds is 4. The first-order chi connectivity index (χ1) is 7.11. The van der Waals surface area contributed by atoms with E-state index < -0.39 is 6.04 Å². The number of hydrogen-bond acceptors (Lipinski definition) is 3. The van der Waals surface area contributed by atoms with E-state index in [0.717, 1.165) is 5.56 Å². The van der Waals surface area contributed by atoms with E-state index in [0.29, 0.717) is 12.5 Å². The second-order valence-corrected chi connectivity index (χ2v) is 3.91. The molecule has 0 spiro atoms. The average molecular weight is 244 g/mol. The molecule has 2 N–H and O–H groups in total. The maximum absolute atomic E-state index is 11.5. The number of hydrogen-bond donors (Lipinski definition) is 1. The van der Waals surface area contributed by atoms with Crippen molar-refractivity contribution >= 4 is 18.4 Å². The third kappa shape index (κ3) is 4.64. The van der Waals surface area contributed by atoms with Crippen LogP contribution in [0.3, 0.4) is 0 Å². The second-order valence-electron chi connectivity index (χ2n) is 3.91. The molecule has 4 heteroatoms. The van der Waals surface area contributed by atoms with Crippen molar-refractivity contribution in [3.63, 3.8) is 0 Å². The summed E-state index contributed by atoms with van der Waals surface area (Å²) in [6.45, 7) is 4.39. The minimum Gasteiger partial charge on any atom is -0.464 e. The molecule has 0 saturated carbocycles. The predicted octanol–water partition coefficient (Wildman–Crippen LogP) is 2.31. The Morgan fingerprint density at radius 2 is 1.88 bits per heavy atom. The number of esters is 1. The highest BCUT2D eigenvalue weighted by Crippen LogP contribution is 2.11. The van der Waals surface area contributed by atoms with Gasteiger partial charge in [-0.15, -0.1) is 12.4 Å². The molecule has 0 amide bonds. The summed E-state index contributed by atoms with van der Waals surface area (Å²) in [6.07, 6.45) is 0. The van der Waals surface area contributed by atoms with E-state index in [1.165, 1.54) is 0 Å². The fourth-order valence-corrected chi connectivity index (χ4v) is 1.14. The van der Waals surface area contributed by atoms with Crippen LogP contribution in [-0.4, -0.2) is 12.6 Å². The Morgan fingerprint density at radius 1 is 1.31 bits per heavy atom. The lowest BCUT2D eigenvalue weighted by Gasteiger charge is -2.12. The average Bonchev–Trinajstić information content (AvgIpc) is 2.26. The van der Waals surface area contributed by atoms with Crippen molar-refractivity contribution in [3.05, 3.63) is 35.9 Å². The number of carbonyl (C=O) groups excluding carboxylic acids is 1. The number of halogens is 1. The Morgan fingerprint density at radius 3 is 2.38 bits per heavy atom. The molecule has 0 bridgehead atoms. The molecular formula is C12H18ClNO2. The minimum absolute atomic E-state index is 0. The van der Waals surface area contributed by atoms with Gasteiger partial charge in [-0.1, -0.05) is 44.2 Å². The van der Waals surface area contributed by atoms with Crippen LogP contribution >= 0.6 is 12.4 Å². The van der Waals surface area contributed by atoms with E-state index >= 15 is 0 Å². The largest absolute Gasteiger partial charge is 0.464 e. The summed E-state index contributed by atoms with van der Waals surface area (Å²) in [5, 5.41) is 0. The molecule has 1 aromatic carbocycles. The van der Waals surface area contributed by atoms with Crippen LogP contribution in [0.2, 0.25) is 0 Å². The Kier molecular flexibility index (Phi) is 6.77. The molecule has 1 atom stereocenters. The molecule has 0 radical (unpaired) electrons. The standard InChI is InChI=1S/C12H17NO2.ClH/c1-9(2)8-15-12(14)11(13)10-6-4-3-5-7-10;/h3-7,9,11H,8,13H2,1-2H3;1H/t11-;/m1./s1. The quantitative estimate of drug-likeness (QED) is 0.826. The SMILES string of the molecule is CC(C)COC(=O)[C@H](N)c1ccccc1.Cl. The van der Waals surface area contributed by atoms with Gasteiger partial charge in [-0.2, -0.15) is 0 Å². The number of nitrogens with two attached hydrogens (primary N) is 1. The van der Waals surface area contributed by atoms with Crippen LogP contribution < -0.4 is 5.73 Å². The molecule has 90 valence electrons. The van der Waals surface area contributed by atoms with Crippen LogP contribution in [-0.2, 0) is 9.53 Å². The molecule has 0 fully saturated rings. The highest BCUT2D eigenvalue weighted by Gasteiger charge is 2.16. The van der Waals surface area contributed by atoms with Crippen LogP contribution in [0.1, 0.15) is 25.5 Å². The lowest BCUT2D eigenvalue weighted by Crippen LogP contribution is -2.24. The van der Waals surface area contributed by atoms with Crippen molar-refractivity contribution < 1.29 is 9.53 Å². The second kappa shape index (κ2) is 7.25. The molecular weight excluding hydrogens is 226 g/mol. The summed E-state index contributed by atoms with van der Waals surface area (Å²) in [7, 11) is 0. The van der Waals surface area contributed by atoms with Crippen molar-refractivity contribution in [2.24, 2.45) is 11.7 Å². The molecule has 0 aliphatic heterocycles. The molecule has 0 aliphatic rings. The van der Waals surface area contributed by atoms with Crippen LogP contribution in [0, 0.1) is 5.92 Å². The van der Waals surface area contributed by atoms with Gasteiger partial charge in [-0.3, -0.25) is 0 Å². The molecule has 16 heavy (non-hydrogen) atoms. The van der Waals surface area contributed by atoms with Crippen molar-refractivity contribution in [2.75, 3.05) is 6.61 Å². The Bertz CT molecular complexity index is 314. The Labute approximate surface area is 102 Å². The fraction of sp³-hybridized carbons (Fsp3) is 0.417. The first-order valence-corrected chi connectivity index (χ1v) is 5.08. The van der Waals surface area contributed by atoms with E-state index in [1.54, 1.807) is 0 Å². The number of benzene rings is 1. The summed E-state index contributed by atoms with van der Waals surface area (Å²) >= 11 is 0. The molecule has 3 nitrogen and oxygen atoms in total. The minimum atomic E-state index is -0.676. The van der Waals surface area contributed by atoms with E-state index in [9.17, 15) is 4.79 Å². The third-order valence-corrected chi connectivity index (χ3v) is 1.97. The summed E-state index contributed by atoms with van der Waals surface area (Å²) in [5.74, 6) is -0.0353. The molecule has 0 aromatic heterocycles. The lowest BCUT2D eigenvalue weighted by molar-refractivity contribution is -0.146. The van der Waals surface area contributed by atoms with Gasteiger partial charge >= 0.3 is 5.97 Å². The van der Waals surface area contributed by atoms with E-state index in [1.807, 2.05) is 44.2 Å². The van der Waals surface area contributed by atoms with Gasteiger partial charge in [-0.25, -0.2) is 4.79 Å². The third-order valence-electron chi connectivity index (χ3n) is 1.97. The molecule has 1 rings (SSSR count). The first-order valence-electron chi connectivity index (χ1n) is 5.08. The fourth-order valence-electron chi connectivity index (χ4n) is 1.14. The van der Waals surface area contributed by atoms with Crippen molar-refractivity contribution in [1.82, 2.24) is 0 Å². The van der Waals surface area contributed by atoms with Crippen molar-refractivity contribution in [1.29, 1.82) is 0 Å². The Balaban J connectivity index is 0.00000225. The molecule has 0 aliphatic carbocycles. The summed E-state index contributed by atoms with van der Waals surface area (Å²) in [5.41, 5.74) is 6.53. The molecule has 0 unspecified atom stereocenters. The van der Waals surface area contributed by atoms with Gasteiger partial charge < -0.3 is 10.5 Å². The predicted molar refractivity (Wildman–Crippen MR) is 66.4 cm³/mol. The number of carbonyl (C=O) groups is 1. The highest BCUT2D eigenvalue weighted by molar-refractivity contribution is 5.85. The van der Waals surface area contributed by atoms with Gasteiger partial charge in [0.1, 0.15) is 6.04 Å². The lowest BCUT2D eigenvalue weighted by atomic mass is 10.1. The van der Waals surface area contributed by atoms with Gasteiger partial charge in [0.2, 0.25) is 0 Å².